The number of para-hydroxylation sites is 1. The summed E-state index contributed by atoms with van der Waals surface area (Å²) < 4.78 is 28.0. The van der Waals surface area contributed by atoms with Crippen molar-refractivity contribution in [3.05, 3.63) is 29.8 Å². The monoisotopic (exact) mass is 299 g/mol. The average Bonchev–Trinajstić information content (AvgIpc) is 2.34. The number of ether oxygens (including phenoxy) is 1. The van der Waals surface area contributed by atoms with E-state index in [1.165, 1.54) is 6.92 Å². The number of carbonyl (C=O) groups is 1. The minimum Gasteiger partial charge on any atom is -0.493 e. The van der Waals surface area contributed by atoms with Gasteiger partial charge in [0.05, 0.1) is 17.9 Å². The molecule has 1 atom stereocenters. The maximum atomic E-state index is 11.5. The van der Waals surface area contributed by atoms with Crippen molar-refractivity contribution in [2.45, 2.75) is 26.7 Å². The Hall–Kier alpha value is -1.40. The number of Topliss-reactive ketones (excluding diaryl/α,β-unsaturated/α-hetero) is 1. The summed E-state index contributed by atoms with van der Waals surface area (Å²) in [7, 11) is -3.52. The van der Waals surface area contributed by atoms with Crippen molar-refractivity contribution in [2.75, 3.05) is 12.4 Å². The van der Waals surface area contributed by atoms with Gasteiger partial charge in [-0.3, -0.25) is 4.79 Å². The number of hydrogen-bond acceptors (Lipinski definition) is 4. The molecule has 0 amide bonds. The van der Waals surface area contributed by atoms with Gasteiger partial charge in [0.2, 0.25) is 10.0 Å². The molecule has 0 fully saturated rings. The van der Waals surface area contributed by atoms with Crippen molar-refractivity contribution >= 4 is 15.8 Å². The molecule has 2 N–H and O–H groups in total. The zero-order chi connectivity index (χ0) is 15.2. The lowest BCUT2D eigenvalue weighted by molar-refractivity contribution is 0.101. The minimum atomic E-state index is -3.52. The number of sulfonamides is 1. The molecule has 0 saturated carbocycles. The highest BCUT2D eigenvalue weighted by atomic mass is 32.2. The molecular formula is C14H21NO4S. The number of hydrogen-bond donors (Lipinski definition) is 1. The molecular weight excluding hydrogens is 278 g/mol. The van der Waals surface area contributed by atoms with E-state index in [2.05, 4.69) is 0 Å². The lowest BCUT2D eigenvalue weighted by Gasteiger charge is -2.17. The third kappa shape index (κ3) is 5.71. The van der Waals surface area contributed by atoms with Gasteiger partial charge in [0.15, 0.2) is 5.78 Å². The van der Waals surface area contributed by atoms with E-state index >= 15 is 0 Å². The number of ketones is 1. The Morgan fingerprint density at radius 3 is 2.55 bits per heavy atom. The van der Waals surface area contributed by atoms with Crippen molar-refractivity contribution in [1.82, 2.24) is 0 Å². The second kappa shape index (κ2) is 7.40. The molecule has 1 aromatic carbocycles. The zero-order valence-electron chi connectivity index (χ0n) is 11.8. The highest BCUT2D eigenvalue weighted by Crippen LogP contribution is 2.20. The van der Waals surface area contributed by atoms with Crippen molar-refractivity contribution < 1.29 is 17.9 Å². The van der Waals surface area contributed by atoms with Crippen molar-refractivity contribution in [3.8, 4) is 5.75 Å². The van der Waals surface area contributed by atoms with Crippen LogP contribution in [0.1, 0.15) is 37.0 Å². The zero-order valence-corrected chi connectivity index (χ0v) is 12.7. The summed E-state index contributed by atoms with van der Waals surface area (Å²) in [6.45, 7) is 3.67. The van der Waals surface area contributed by atoms with E-state index in [9.17, 15) is 13.2 Å². The smallest absolute Gasteiger partial charge is 0.209 e. The first-order valence-corrected chi connectivity index (χ1v) is 8.28. The SMILES string of the molecule is CCCC(COc1ccccc1C(C)=O)CS(N)(=O)=O. The molecule has 0 aromatic heterocycles. The lowest BCUT2D eigenvalue weighted by atomic mass is 10.1. The molecule has 1 rings (SSSR count). The van der Waals surface area contributed by atoms with Gasteiger partial charge in [-0.05, 0) is 25.5 Å². The highest BCUT2D eigenvalue weighted by molar-refractivity contribution is 7.89. The van der Waals surface area contributed by atoms with Gasteiger partial charge < -0.3 is 4.74 Å². The molecule has 0 aliphatic carbocycles. The molecule has 0 bridgehead atoms. The van der Waals surface area contributed by atoms with E-state index in [1.54, 1.807) is 24.3 Å². The highest BCUT2D eigenvalue weighted by Gasteiger charge is 2.17. The number of benzene rings is 1. The summed E-state index contributed by atoms with van der Waals surface area (Å²) in [6.07, 6.45) is 1.55. The molecule has 0 radical (unpaired) electrons. The van der Waals surface area contributed by atoms with Gasteiger partial charge in [-0.15, -0.1) is 0 Å². The van der Waals surface area contributed by atoms with E-state index in [4.69, 9.17) is 9.88 Å². The number of nitrogens with two attached hydrogens (primary N) is 1. The summed E-state index contributed by atoms with van der Waals surface area (Å²) in [5.41, 5.74) is 0.498. The third-order valence-corrected chi connectivity index (χ3v) is 3.84. The first-order valence-electron chi connectivity index (χ1n) is 6.56. The van der Waals surface area contributed by atoms with Crippen LogP contribution in [-0.4, -0.2) is 26.6 Å². The van der Waals surface area contributed by atoms with E-state index in [1.807, 2.05) is 6.92 Å². The van der Waals surface area contributed by atoms with Crippen LogP contribution in [-0.2, 0) is 10.0 Å². The van der Waals surface area contributed by atoms with Gasteiger partial charge in [0, 0.05) is 5.92 Å². The molecule has 0 heterocycles. The Labute approximate surface area is 120 Å². The molecule has 6 heteroatoms. The number of primary sulfonamides is 1. The lowest BCUT2D eigenvalue weighted by Crippen LogP contribution is -2.27. The number of carbonyl (C=O) groups excluding carboxylic acids is 1. The topological polar surface area (TPSA) is 86.5 Å². The fourth-order valence-electron chi connectivity index (χ4n) is 2.04. The molecule has 20 heavy (non-hydrogen) atoms. The van der Waals surface area contributed by atoms with Crippen molar-refractivity contribution in [1.29, 1.82) is 0 Å². The Morgan fingerprint density at radius 2 is 2.00 bits per heavy atom. The van der Waals surface area contributed by atoms with Gasteiger partial charge in [-0.2, -0.15) is 0 Å². The summed E-state index contributed by atoms with van der Waals surface area (Å²) >= 11 is 0. The fraction of sp³-hybridized carbons (Fsp3) is 0.500. The summed E-state index contributed by atoms with van der Waals surface area (Å²) in [6, 6.07) is 6.93. The Balaban J connectivity index is 2.75. The van der Waals surface area contributed by atoms with Gasteiger partial charge in [0.1, 0.15) is 5.75 Å². The second-order valence-corrected chi connectivity index (χ2v) is 6.51. The average molecular weight is 299 g/mol. The normalized spacial score (nSPS) is 12.9. The molecule has 1 aromatic rings. The molecule has 5 nitrogen and oxygen atoms in total. The molecule has 1 unspecified atom stereocenters. The van der Waals surface area contributed by atoms with Gasteiger partial charge in [-0.1, -0.05) is 25.5 Å². The summed E-state index contributed by atoms with van der Waals surface area (Å²) in [5, 5.41) is 5.08. The van der Waals surface area contributed by atoms with Crippen LogP contribution in [0, 0.1) is 5.92 Å². The quantitative estimate of drug-likeness (QED) is 0.743. The predicted molar refractivity (Wildman–Crippen MR) is 78.3 cm³/mol. The number of rotatable bonds is 8. The third-order valence-electron chi connectivity index (χ3n) is 2.91. The maximum absolute atomic E-state index is 11.5. The van der Waals surface area contributed by atoms with Crippen LogP contribution in [0.5, 0.6) is 5.75 Å². The van der Waals surface area contributed by atoms with Gasteiger partial charge >= 0.3 is 0 Å². The molecule has 0 saturated heterocycles. The predicted octanol–water partition coefficient (Wildman–Crippen LogP) is 1.97. The Kier molecular flexibility index (Phi) is 6.16. The van der Waals surface area contributed by atoms with Gasteiger partial charge in [-0.25, -0.2) is 13.6 Å². The standard InChI is InChI=1S/C14H21NO4S/c1-3-6-12(10-20(15,17)18)9-19-14-8-5-4-7-13(14)11(2)16/h4-5,7-8,12H,3,6,9-10H2,1-2H3,(H2,15,17,18). The first kappa shape index (κ1) is 16.7. The van der Waals surface area contributed by atoms with E-state index < -0.39 is 10.0 Å². The van der Waals surface area contributed by atoms with Gasteiger partial charge in [0.25, 0.3) is 0 Å². The van der Waals surface area contributed by atoms with Crippen molar-refractivity contribution in [3.63, 3.8) is 0 Å². The second-order valence-electron chi connectivity index (χ2n) is 4.85. The van der Waals surface area contributed by atoms with Crippen LogP contribution in [0.15, 0.2) is 24.3 Å². The first-order chi connectivity index (χ1) is 9.33. The van der Waals surface area contributed by atoms with Crippen molar-refractivity contribution in [2.24, 2.45) is 11.1 Å². The summed E-state index contributed by atoms with van der Waals surface area (Å²) in [5.74, 6) is 0.118. The molecule has 112 valence electrons. The molecule has 0 aliphatic rings. The Morgan fingerprint density at radius 1 is 1.35 bits per heavy atom. The van der Waals surface area contributed by atoms with Crippen LogP contribution in [0.25, 0.3) is 0 Å². The molecule has 0 spiro atoms. The van der Waals surface area contributed by atoms with E-state index in [0.717, 1.165) is 6.42 Å². The van der Waals surface area contributed by atoms with E-state index in [-0.39, 0.29) is 24.1 Å². The maximum Gasteiger partial charge on any atom is 0.209 e. The van der Waals surface area contributed by atoms with Crippen LogP contribution in [0.4, 0.5) is 0 Å². The largest absolute Gasteiger partial charge is 0.493 e. The minimum absolute atomic E-state index is 0.0842. The van der Waals surface area contributed by atoms with Crippen LogP contribution in [0.3, 0.4) is 0 Å². The van der Waals surface area contributed by atoms with Crippen LogP contribution >= 0.6 is 0 Å². The fourth-order valence-corrected chi connectivity index (χ4v) is 2.96. The van der Waals surface area contributed by atoms with Crippen LogP contribution < -0.4 is 9.88 Å². The molecule has 0 aliphatic heterocycles. The Bertz CT molecular complexity index is 554. The van der Waals surface area contributed by atoms with Crippen LogP contribution in [0.2, 0.25) is 0 Å². The summed E-state index contributed by atoms with van der Waals surface area (Å²) in [4.78, 5) is 11.5. The van der Waals surface area contributed by atoms with E-state index in [0.29, 0.717) is 17.7 Å².